The zero-order valence-corrected chi connectivity index (χ0v) is 15.0. The molecule has 0 aromatic heterocycles. The lowest BCUT2D eigenvalue weighted by molar-refractivity contribution is -0.385. The molecular weight excluding hydrogens is 348 g/mol. The maximum absolute atomic E-state index is 12.7. The molecule has 0 radical (unpaired) electrons. The van der Waals surface area contributed by atoms with Crippen LogP contribution in [0.15, 0.2) is 48.5 Å². The Bertz CT molecular complexity index is 855. The van der Waals surface area contributed by atoms with Crippen LogP contribution in [-0.2, 0) is 0 Å². The zero-order valence-electron chi connectivity index (χ0n) is 15.0. The molecule has 0 aliphatic carbocycles. The summed E-state index contributed by atoms with van der Waals surface area (Å²) < 4.78 is 5.10. The second-order valence-electron chi connectivity index (χ2n) is 6.43. The largest absolute Gasteiger partial charge is 0.497 e. The highest BCUT2D eigenvalue weighted by Gasteiger charge is 2.30. The van der Waals surface area contributed by atoms with Crippen molar-refractivity contribution >= 4 is 17.4 Å². The highest BCUT2D eigenvalue weighted by molar-refractivity contribution is 5.99. The molecule has 27 heavy (non-hydrogen) atoms. The van der Waals surface area contributed by atoms with Crippen LogP contribution in [0, 0.1) is 16.0 Å². The van der Waals surface area contributed by atoms with Crippen molar-refractivity contribution in [2.45, 2.75) is 12.8 Å². The van der Waals surface area contributed by atoms with Gasteiger partial charge in [0, 0.05) is 30.6 Å². The van der Waals surface area contributed by atoms with Crippen LogP contribution >= 0.6 is 0 Å². The molecule has 3 rings (SSSR count). The number of ketones is 1. The van der Waals surface area contributed by atoms with E-state index in [-0.39, 0.29) is 28.9 Å². The van der Waals surface area contributed by atoms with Gasteiger partial charge >= 0.3 is 0 Å². The minimum Gasteiger partial charge on any atom is -0.497 e. The Balaban J connectivity index is 1.65. The Kier molecular flexibility index (Phi) is 5.49. The van der Waals surface area contributed by atoms with Crippen LogP contribution in [0.2, 0.25) is 0 Å². The van der Waals surface area contributed by atoms with E-state index >= 15 is 0 Å². The molecule has 1 amide bonds. The molecule has 0 atom stereocenters. The molecular formula is C20H20N2O5. The van der Waals surface area contributed by atoms with Gasteiger partial charge < -0.3 is 9.64 Å². The number of hydrogen-bond donors (Lipinski definition) is 0. The predicted octanol–water partition coefficient (Wildman–Crippen LogP) is 3.34. The number of benzene rings is 2. The monoisotopic (exact) mass is 368 g/mol. The number of nitrogens with zero attached hydrogens (tertiary/aromatic N) is 2. The number of piperidine rings is 1. The third kappa shape index (κ3) is 3.97. The first kappa shape index (κ1) is 18.6. The normalized spacial score (nSPS) is 14.6. The van der Waals surface area contributed by atoms with Gasteiger partial charge in [0.2, 0.25) is 0 Å². The first-order chi connectivity index (χ1) is 13.0. The van der Waals surface area contributed by atoms with Crippen molar-refractivity contribution in [3.05, 3.63) is 69.8 Å². The average Bonchev–Trinajstić information content (AvgIpc) is 2.73. The first-order valence-corrected chi connectivity index (χ1v) is 8.72. The molecule has 2 aromatic rings. The number of nitro benzene ring substituents is 1. The van der Waals surface area contributed by atoms with Gasteiger partial charge in [0.25, 0.3) is 11.6 Å². The Morgan fingerprint density at radius 3 is 2.30 bits per heavy atom. The second-order valence-corrected chi connectivity index (χ2v) is 6.43. The Labute approximate surface area is 156 Å². The fourth-order valence-corrected chi connectivity index (χ4v) is 3.32. The van der Waals surface area contributed by atoms with Crippen LogP contribution in [0.5, 0.6) is 5.75 Å². The second kappa shape index (κ2) is 7.99. The molecule has 7 nitrogen and oxygen atoms in total. The Morgan fingerprint density at radius 2 is 1.70 bits per heavy atom. The molecule has 1 saturated heterocycles. The minimum absolute atomic E-state index is 0.0513. The van der Waals surface area contributed by atoms with Gasteiger partial charge in [-0.2, -0.15) is 0 Å². The predicted molar refractivity (Wildman–Crippen MR) is 99.0 cm³/mol. The van der Waals surface area contributed by atoms with Crippen molar-refractivity contribution in [2.75, 3.05) is 20.2 Å². The van der Waals surface area contributed by atoms with E-state index in [9.17, 15) is 19.7 Å². The highest BCUT2D eigenvalue weighted by atomic mass is 16.6. The summed E-state index contributed by atoms with van der Waals surface area (Å²) in [6.45, 7) is 0.800. The zero-order chi connectivity index (χ0) is 19.4. The van der Waals surface area contributed by atoms with E-state index in [0.29, 0.717) is 37.2 Å². The van der Waals surface area contributed by atoms with Crippen LogP contribution in [0.4, 0.5) is 5.69 Å². The van der Waals surface area contributed by atoms with Crippen LogP contribution in [0.3, 0.4) is 0 Å². The fourth-order valence-electron chi connectivity index (χ4n) is 3.32. The number of para-hydroxylation sites is 1. The molecule has 1 heterocycles. The molecule has 1 aliphatic rings. The van der Waals surface area contributed by atoms with Crippen molar-refractivity contribution < 1.29 is 19.2 Å². The van der Waals surface area contributed by atoms with Crippen LogP contribution in [-0.4, -0.2) is 41.7 Å². The lowest BCUT2D eigenvalue weighted by Gasteiger charge is -2.31. The SMILES string of the molecule is COc1ccc(C(=O)C2CCN(C(=O)c3ccccc3[N+](=O)[O-])CC2)cc1. The van der Waals surface area contributed by atoms with Crippen molar-refractivity contribution in [1.82, 2.24) is 4.90 Å². The topological polar surface area (TPSA) is 89.8 Å². The van der Waals surface area contributed by atoms with E-state index in [1.54, 1.807) is 42.3 Å². The van der Waals surface area contributed by atoms with Crippen molar-refractivity contribution in [3.63, 3.8) is 0 Å². The number of Topliss-reactive ketones (excluding diaryl/α,β-unsaturated/α-hetero) is 1. The number of carbonyl (C=O) groups is 2. The third-order valence-corrected chi connectivity index (χ3v) is 4.86. The van der Waals surface area contributed by atoms with Gasteiger partial charge in [-0.3, -0.25) is 19.7 Å². The molecule has 1 aliphatic heterocycles. The minimum atomic E-state index is -0.548. The van der Waals surface area contributed by atoms with Crippen LogP contribution in [0.25, 0.3) is 0 Å². The molecule has 0 spiro atoms. The number of ether oxygens (including phenoxy) is 1. The first-order valence-electron chi connectivity index (χ1n) is 8.72. The van der Waals surface area contributed by atoms with Gasteiger partial charge in [0.05, 0.1) is 12.0 Å². The number of nitro groups is 1. The molecule has 0 saturated carbocycles. The van der Waals surface area contributed by atoms with Gasteiger partial charge in [0.15, 0.2) is 5.78 Å². The number of amides is 1. The summed E-state index contributed by atoms with van der Waals surface area (Å²) in [5, 5.41) is 11.1. The summed E-state index contributed by atoms with van der Waals surface area (Å²) in [4.78, 5) is 37.5. The van der Waals surface area contributed by atoms with Gasteiger partial charge in [0.1, 0.15) is 11.3 Å². The van der Waals surface area contributed by atoms with Gasteiger partial charge in [-0.05, 0) is 43.2 Å². The maximum Gasteiger partial charge on any atom is 0.282 e. The number of hydrogen-bond acceptors (Lipinski definition) is 5. The Hall–Kier alpha value is -3.22. The Morgan fingerprint density at radius 1 is 1.07 bits per heavy atom. The van der Waals surface area contributed by atoms with Gasteiger partial charge in [-0.1, -0.05) is 12.1 Å². The van der Waals surface area contributed by atoms with E-state index < -0.39 is 4.92 Å². The number of likely N-dealkylation sites (tertiary alicyclic amines) is 1. The fraction of sp³-hybridized carbons (Fsp3) is 0.300. The maximum atomic E-state index is 12.7. The summed E-state index contributed by atoms with van der Waals surface area (Å²) in [6, 6.07) is 12.9. The molecule has 7 heteroatoms. The molecule has 1 fully saturated rings. The summed E-state index contributed by atoms with van der Waals surface area (Å²) >= 11 is 0. The van der Waals surface area contributed by atoms with E-state index in [1.165, 1.54) is 18.2 Å². The van der Waals surface area contributed by atoms with E-state index in [4.69, 9.17) is 4.74 Å². The van der Waals surface area contributed by atoms with Crippen molar-refractivity contribution in [1.29, 1.82) is 0 Å². The summed E-state index contributed by atoms with van der Waals surface area (Å²) in [5.41, 5.74) is 0.514. The summed E-state index contributed by atoms with van der Waals surface area (Å²) in [6.07, 6.45) is 1.08. The number of carbonyl (C=O) groups excluding carboxylic acids is 2. The van der Waals surface area contributed by atoms with E-state index in [2.05, 4.69) is 0 Å². The van der Waals surface area contributed by atoms with Gasteiger partial charge in [-0.15, -0.1) is 0 Å². The average molecular weight is 368 g/mol. The molecule has 0 bridgehead atoms. The lowest BCUT2D eigenvalue weighted by Crippen LogP contribution is -2.40. The standard InChI is InChI=1S/C20H20N2O5/c1-27-16-8-6-14(7-9-16)19(23)15-10-12-21(13-11-15)20(24)17-4-2-3-5-18(17)22(25)26/h2-9,15H,10-13H2,1H3. The molecule has 2 aromatic carbocycles. The van der Waals surface area contributed by atoms with Crippen LogP contribution < -0.4 is 4.74 Å². The quantitative estimate of drug-likeness (QED) is 0.459. The summed E-state index contributed by atoms with van der Waals surface area (Å²) in [5.74, 6) is 0.220. The third-order valence-electron chi connectivity index (χ3n) is 4.86. The molecule has 140 valence electrons. The smallest absolute Gasteiger partial charge is 0.282 e. The van der Waals surface area contributed by atoms with Crippen LogP contribution in [0.1, 0.15) is 33.6 Å². The molecule has 0 N–H and O–H groups in total. The van der Waals surface area contributed by atoms with Crippen molar-refractivity contribution in [2.24, 2.45) is 5.92 Å². The highest BCUT2D eigenvalue weighted by Crippen LogP contribution is 2.26. The van der Waals surface area contributed by atoms with E-state index in [0.717, 1.165) is 0 Å². The van der Waals surface area contributed by atoms with Crippen molar-refractivity contribution in [3.8, 4) is 5.75 Å². The molecule has 0 unspecified atom stereocenters. The number of rotatable bonds is 5. The number of methoxy groups -OCH3 is 1. The van der Waals surface area contributed by atoms with E-state index in [1.807, 2.05) is 0 Å². The van der Waals surface area contributed by atoms with Gasteiger partial charge in [-0.25, -0.2) is 0 Å². The lowest BCUT2D eigenvalue weighted by atomic mass is 9.88. The summed E-state index contributed by atoms with van der Waals surface area (Å²) in [7, 11) is 1.57.